The molecule has 0 aliphatic heterocycles. The van der Waals surface area contributed by atoms with E-state index in [2.05, 4.69) is 9.72 Å². The SMILES string of the molecule is N#CCOC(=O)Cn1cnc2ccccc2c1=O. The minimum absolute atomic E-state index is 0.252. The Kier molecular flexibility index (Phi) is 3.34. The number of hydrogen-bond donors (Lipinski definition) is 0. The summed E-state index contributed by atoms with van der Waals surface area (Å²) < 4.78 is 5.73. The zero-order valence-electron chi connectivity index (χ0n) is 9.37. The van der Waals surface area contributed by atoms with Crippen molar-refractivity contribution in [1.29, 1.82) is 5.26 Å². The fourth-order valence-electron chi connectivity index (χ4n) is 1.52. The molecule has 0 fully saturated rings. The number of carbonyl (C=O) groups excluding carboxylic acids is 1. The highest BCUT2D eigenvalue weighted by molar-refractivity contribution is 5.77. The van der Waals surface area contributed by atoms with Gasteiger partial charge in [0.25, 0.3) is 5.56 Å². The summed E-state index contributed by atoms with van der Waals surface area (Å²) in [4.78, 5) is 27.4. The second-order valence-electron chi connectivity index (χ2n) is 3.51. The Labute approximate surface area is 102 Å². The minimum Gasteiger partial charge on any atom is -0.449 e. The number of hydrogen-bond acceptors (Lipinski definition) is 5. The van der Waals surface area contributed by atoms with Gasteiger partial charge in [0, 0.05) is 0 Å². The van der Waals surface area contributed by atoms with E-state index in [1.165, 1.54) is 6.33 Å². The van der Waals surface area contributed by atoms with E-state index < -0.39 is 5.97 Å². The molecular weight excluding hydrogens is 234 g/mol. The third-order valence-corrected chi connectivity index (χ3v) is 2.33. The van der Waals surface area contributed by atoms with E-state index in [1.807, 2.05) is 0 Å². The zero-order valence-corrected chi connectivity index (χ0v) is 9.37. The average molecular weight is 243 g/mol. The van der Waals surface area contributed by atoms with Gasteiger partial charge in [-0.3, -0.25) is 14.2 Å². The Hall–Kier alpha value is -2.68. The van der Waals surface area contributed by atoms with Gasteiger partial charge in [-0.25, -0.2) is 4.98 Å². The van der Waals surface area contributed by atoms with Crippen LogP contribution in [-0.2, 0) is 16.1 Å². The van der Waals surface area contributed by atoms with Gasteiger partial charge in [-0.15, -0.1) is 0 Å². The minimum atomic E-state index is -0.643. The number of esters is 1. The first-order valence-corrected chi connectivity index (χ1v) is 5.19. The van der Waals surface area contributed by atoms with Crippen molar-refractivity contribution in [2.24, 2.45) is 0 Å². The first kappa shape index (κ1) is 11.8. The predicted molar refractivity (Wildman–Crippen MR) is 62.6 cm³/mol. The van der Waals surface area contributed by atoms with Crippen LogP contribution in [0.25, 0.3) is 10.9 Å². The molecule has 0 unspecified atom stereocenters. The Morgan fingerprint density at radius 2 is 2.22 bits per heavy atom. The molecule has 0 radical (unpaired) electrons. The molecule has 0 aliphatic rings. The number of carbonyl (C=O) groups is 1. The Bertz CT molecular complexity index is 685. The molecule has 2 aromatic rings. The van der Waals surface area contributed by atoms with Crippen LogP contribution in [0.2, 0.25) is 0 Å². The lowest BCUT2D eigenvalue weighted by Gasteiger charge is -2.05. The van der Waals surface area contributed by atoms with Crippen molar-refractivity contribution in [3.63, 3.8) is 0 Å². The highest BCUT2D eigenvalue weighted by Gasteiger charge is 2.08. The molecule has 0 N–H and O–H groups in total. The summed E-state index contributed by atoms with van der Waals surface area (Å²) in [6.45, 7) is -0.576. The molecule has 0 saturated carbocycles. The number of fused-ring (bicyclic) bond motifs is 1. The fourth-order valence-corrected chi connectivity index (χ4v) is 1.52. The maximum absolute atomic E-state index is 12.0. The number of aromatic nitrogens is 2. The van der Waals surface area contributed by atoms with E-state index in [0.717, 1.165) is 4.57 Å². The summed E-state index contributed by atoms with van der Waals surface area (Å²) in [6.07, 6.45) is 1.29. The standard InChI is InChI=1S/C12H9N3O3/c13-5-6-18-11(16)7-15-8-14-10-4-2-1-3-9(10)12(15)17/h1-4,8H,6-7H2. The summed E-state index contributed by atoms with van der Waals surface area (Å²) in [5.74, 6) is -0.643. The lowest BCUT2D eigenvalue weighted by atomic mass is 10.2. The molecule has 0 amide bonds. The molecule has 0 bridgehead atoms. The van der Waals surface area contributed by atoms with Gasteiger partial charge in [0.15, 0.2) is 6.61 Å². The first-order chi connectivity index (χ1) is 8.72. The summed E-state index contributed by atoms with van der Waals surface area (Å²) >= 11 is 0. The molecule has 1 heterocycles. The normalized spacial score (nSPS) is 9.94. The largest absolute Gasteiger partial charge is 0.449 e. The second kappa shape index (κ2) is 5.10. The molecule has 18 heavy (non-hydrogen) atoms. The van der Waals surface area contributed by atoms with E-state index in [4.69, 9.17) is 5.26 Å². The highest BCUT2D eigenvalue weighted by atomic mass is 16.5. The van der Waals surface area contributed by atoms with Gasteiger partial charge >= 0.3 is 5.97 Å². The van der Waals surface area contributed by atoms with Crippen LogP contribution in [0.1, 0.15) is 0 Å². The Balaban J connectivity index is 2.30. The number of rotatable bonds is 3. The topological polar surface area (TPSA) is 85.0 Å². The highest BCUT2D eigenvalue weighted by Crippen LogP contribution is 2.04. The molecule has 1 aromatic carbocycles. The molecule has 6 nitrogen and oxygen atoms in total. The van der Waals surface area contributed by atoms with Crippen LogP contribution in [0.5, 0.6) is 0 Å². The van der Waals surface area contributed by atoms with Crippen molar-refractivity contribution in [2.45, 2.75) is 6.54 Å². The van der Waals surface area contributed by atoms with Crippen LogP contribution >= 0.6 is 0 Å². The van der Waals surface area contributed by atoms with E-state index in [1.54, 1.807) is 30.3 Å². The van der Waals surface area contributed by atoms with E-state index >= 15 is 0 Å². The summed E-state index contributed by atoms with van der Waals surface area (Å²) in [5.41, 5.74) is 0.263. The van der Waals surface area contributed by atoms with Gasteiger partial charge in [0.2, 0.25) is 0 Å². The van der Waals surface area contributed by atoms with Crippen molar-refractivity contribution in [3.8, 4) is 6.07 Å². The van der Waals surface area contributed by atoms with Crippen LogP contribution < -0.4 is 5.56 Å². The van der Waals surface area contributed by atoms with Gasteiger partial charge in [-0.05, 0) is 12.1 Å². The number of benzene rings is 1. The number of nitrogens with zero attached hydrogens (tertiary/aromatic N) is 3. The van der Waals surface area contributed by atoms with Crippen LogP contribution in [0.15, 0.2) is 35.4 Å². The van der Waals surface area contributed by atoms with Crippen molar-refractivity contribution in [3.05, 3.63) is 40.9 Å². The van der Waals surface area contributed by atoms with Crippen molar-refractivity contribution >= 4 is 16.9 Å². The number of para-hydroxylation sites is 1. The van der Waals surface area contributed by atoms with Crippen molar-refractivity contribution < 1.29 is 9.53 Å². The third-order valence-electron chi connectivity index (χ3n) is 2.33. The smallest absolute Gasteiger partial charge is 0.327 e. The fraction of sp³-hybridized carbons (Fsp3) is 0.167. The molecule has 1 aromatic heterocycles. The zero-order chi connectivity index (χ0) is 13.0. The maximum Gasteiger partial charge on any atom is 0.327 e. The monoisotopic (exact) mass is 243 g/mol. The lowest BCUT2D eigenvalue weighted by molar-refractivity contribution is -0.143. The Morgan fingerprint density at radius 3 is 3.00 bits per heavy atom. The molecule has 0 atom stereocenters. The van der Waals surface area contributed by atoms with Gasteiger partial charge in [-0.2, -0.15) is 5.26 Å². The average Bonchev–Trinajstić information content (AvgIpc) is 2.40. The molecule has 90 valence electrons. The van der Waals surface area contributed by atoms with Crippen molar-refractivity contribution in [2.75, 3.05) is 6.61 Å². The molecule has 0 spiro atoms. The molecule has 0 saturated heterocycles. The van der Waals surface area contributed by atoms with Gasteiger partial charge in [0.1, 0.15) is 12.6 Å². The predicted octanol–water partition coefficient (Wildman–Crippen LogP) is 0.463. The van der Waals surface area contributed by atoms with Gasteiger partial charge < -0.3 is 4.74 Å². The third kappa shape index (κ3) is 2.35. The van der Waals surface area contributed by atoms with Crippen LogP contribution in [0.4, 0.5) is 0 Å². The molecule has 0 aliphatic carbocycles. The quantitative estimate of drug-likeness (QED) is 0.731. The first-order valence-electron chi connectivity index (χ1n) is 5.19. The maximum atomic E-state index is 12.0. The van der Waals surface area contributed by atoms with Gasteiger partial charge in [0.05, 0.1) is 17.2 Å². The molecule has 2 rings (SSSR count). The lowest BCUT2D eigenvalue weighted by Crippen LogP contribution is -2.25. The van der Waals surface area contributed by atoms with E-state index in [9.17, 15) is 9.59 Å². The van der Waals surface area contributed by atoms with Crippen molar-refractivity contribution in [1.82, 2.24) is 9.55 Å². The number of nitriles is 1. The Morgan fingerprint density at radius 1 is 1.44 bits per heavy atom. The van der Waals surface area contributed by atoms with Gasteiger partial charge in [-0.1, -0.05) is 12.1 Å². The van der Waals surface area contributed by atoms with Crippen LogP contribution in [0, 0.1) is 11.3 Å². The van der Waals surface area contributed by atoms with E-state index in [0.29, 0.717) is 10.9 Å². The van der Waals surface area contributed by atoms with Crippen LogP contribution in [0.3, 0.4) is 0 Å². The summed E-state index contributed by atoms with van der Waals surface area (Å²) in [7, 11) is 0. The second-order valence-corrected chi connectivity index (χ2v) is 3.51. The number of ether oxygens (including phenoxy) is 1. The molecule has 6 heteroatoms. The molecular formula is C12H9N3O3. The summed E-state index contributed by atoms with van der Waals surface area (Å²) in [5, 5.41) is 8.71. The summed E-state index contributed by atoms with van der Waals surface area (Å²) in [6, 6.07) is 8.54. The van der Waals surface area contributed by atoms with Crippen LogP contribution in [-0.4, -0.2) is 22.1 Å². The van der Waals surface area contributed by atoms with E-state index in [-0.39, 0.29) is 18.7 Å².